The lowest BCUT2D eigenvalue weighted by Gasteiger charge is -2.10. The maximum Gasteiger partial charge on any atom is 0.344 e. The highest BCUT2D eigenvalue weighted by Crippen LogP contribution is 2.24. The molecule has 0 saturated carbocycles. The third kappa shape index (κ3) is 4.35. The first kappa shape index (κ1) is 19.1. The molecule has 3 rings (SSSR count). The predicted octanol–water partition coefficient (Wildman–Crippen LogP) is 3.81. The standard InChI is InChI=1S/C20H19N3O5/c1-27-20(24)16-13-15(8-9-17(16)23(25)26)21-11-4-12-28-18-7-2-5-14-6-3-10-22-19(14)18/h2-3,5-10,13,21H,4,11-12H2,1H3. The minimum absolute atomic E-state index is 0.0874. The van der Waals surface area contributed by atoms with Crippen LogP contribution in [0.3, 0.4) is 0 Å². The fourth-order valence-electron chi connectivity index (χ4n) is 2.76. The number of nitrogens with one attached hydrogen (secondary N) is 1. The minimum atomic E-state index is -0.748. The van der Waals surface area contributed by atoms with Gasteiger partial charge < -0.3 is 14.8 Å². The van der Waals surface area contributed by atoms with Gasteiger partial charge in [-0.1, -0.05) is 18.2 Å². The first-order chi connectivity index (χ1) is 13.6. The second kappa shape index (κ2) is 8.81. The van der Waals surface area contributed by atoms with Crippen molar-refractivity contribution in [3.63, 3.8) is 0 Å². The molecule has 0 aliphatic heterocycles. The van der Waals surface area contributed by atoms with Gasteiger partial charge in [0.1, 0.15) is 16.8 Å². The highest BCUT2D eigenvalue weighted by Gasteiger charge is 2.21. The molecular formula is C20H19N3O5. The molecule has 144 valence electrons. The van der Waals surface area contributed by atoms with E-state index in [4.69, 9.17) is 4.74 Å². The van der Waals surface area contributed by atoms with Crippen LogP contribution in [-0.2, 0) is 4.74 Å². The summed E-state index contributed by atoms with van der Waals surface area (Å²) in [6, 6.07) is 13.9. The molecule has 2 aromatic carbocycles. The molecule has 0 aliphatic rings. The van der Waals surface area contributed by atoms with Crippen LogP contribution in [0.1, 0.15) is 16.8 Å². The normalized spacial score (nSPS) is 10.5. The van der Waals surface area contributed by atoms with E-state index >= 15 is 0 Å². The van der Waals surface area contributed by atoms with E-state index in [0.29, 0.717) is 25.3 Å². The van der Waals surface area contributed by atoms with Crippen LogP contribution < -0.4 is 10.1 Å². The molecular weight excluding hydrogens is 362 g/mol. The molecule has 0 unspecified atom stereocenters. The maximum atomic E-state index is 11.8. The molecule has 0 amide bonds. The van der Waals surface area contributed by atoms with E-state index in [-0.39, 0.29) is 11.3 Å². The summed E-state index contributed by atoms with van der Waals surface area (Å²) in [4.78, 5) is 26.5. The Morgan fingerprint density at radius 2 is 2.04 bits per heavy atom. The molecule has 3 aromatic rings. The number of nitrogens with zero attached hydrogens (tertiary/aromatic N) is 2. The number of aromatic nitrogens is 1. The quantitative estimate of drug-likeness (QED) is 0.274. The number of nitro benzene ring substituents is 1. The fourth-order valence-corrected chi connectivity index (χ4v) is 2.76. The van der Waals surface area contributed by atoms with E-state index in [9.17, 15) is 14.9 Å². The van der Waals surface area contributed by atoms with E-state index in [1.165, 1.54) is 19.2 Å². The van der Waals surface area contributed by atoms with Crippen molar-refractivity contribution in [2.75, 3.05) is 25.6 Å². The Bertz CT molecular complexity index is 1000. The number of hydrogen-bond donors (Lipinski definition) is 1. The number of methoxy groups -OCH3 is 1. The van der Waals surface area contributed by atoms with Crippen LogP contribution in [0.5, 0.6) is 5.75 Å². The summed E-state index contributed by atoms with van der Waals surface area (Å²) in [6.45, 7) is 1.04. The Labute approximate surface area is 161 Å². The highest BCUT2D eigenvalue weighted by atomic mass is 16.6. The average molecular weight is 381 g/mol. The van der Waals surface area contributed by atoms with Gasteiger partial charge in [-0.25, -0.2) is 4.79 Å². The monoisotopic (exact) mass is 381 g/mol. The van der Waals surface area contributed by atoms with Crippen molar-refractivity contribution in [2.24, 2.45) is 0 Å². The lowest BCUT2D eigenvalue weighted by Crippen LogP contribution is -2.10. The third-order valence-electron chi connectivity index (χ3n) is 4.10. The zero-order valence-electron chi connectivity index (χ0n) is 15.3. The second-order valence-corrected chi connectivity index (χ2v) is 5.94. The van der Waals surface area contributed by atoms with Crippen LogP contribution in [-0.4, -0.2) is 36.1 Å². The summed E-state index contributed by atoms with van der Waals surface area (Å²) in [5, 5.41) is 15.2. The van der Waals surface area contributed by atoms with E-state index in [1.54, 1.807) is 12.3 Å². The van der Waals surface area contributed by atoms with Crippen LogP contribution in [0.4, 0.5) is 11.4 Å². The van der Waals surface area contributed by atoms with Gasteiger partial charge in [0, 0.05) is 29.9 Å². The highest BCUT2D eigenvalue weighted by molar-refractivity contribution is 5.95. The predicted molar refractivity (Wildman–Crippen MR) is 105 cm³/mol. The number of nitro groups is 1. The van der Waals surface area contributed by atoms with Crippen molar-refractivity contribution in [1.29, 1.82) is 0 Å². The van der Waals surface area contributed by atoms with Crippen LogP contribution >= 0.6 is 0 Å². The first-order valence-electron chi connectivity index (χ1n) is 8.67. The van der Waals surface area contributed by atoms with E-state index in [1.807, 2.05) is 30.3 Å². The van der Waals surface area contributed by atoms with Crippen molar-refractivity contribution in [1.82, 2.24) is 4.98 Å². The van der Waals surface area contributed by atoms with Gasteiger partial charge in [0.05, 0.1) is 18.6 Å². The van der Waals surface area contributed by atoms with E-state index in [2.05, 4.69) is 15.0 Å². The number of ether oxygens (including phenoxy) is 2. The lowest BCUT2D eigenvalue weighted by atomic mass is 10.1. The number of esters is 1. The van der Waals surface area contributed by atoms with Crippen molar-refractivity contribution in [3.8, 4) is 5.75 Å². The molecule has 1 aromatic heterocycles. The number of benzene rings is 2. The summed E-state index contributed by atoms with van der Waals surface area (Å²) < 4.78 is 10.4. The molecule has 28 heavy (non-hydrogen) atoms. The zero-order chi connectivity index (χ0) is 19.9. The minimum Gasteiger partial charge on any atom is -0.491 e. The van der Waals surface area contributed by atoms with Gasteiger partial charge in [0.2, 0.25) is 0 Å². The number of rotatable bonds is 8. The van der Waals surface area contributed by atoms with E-state index in [0.717, 1.165) is 16.7 Å². The van der Waals surface area contributed by atoms with Gasteiger partial charge in [0.25, 0.3) is 5.69 Å². The summed E-state index contributed by atoms with van der Waals surface area (Å²) in [5.74, 6) is -0.0245. The topological polar surface area (TPSA) is 104 Å². The molecule has 0 radical (unpaired) electrons. The summed E-state index contributed by atoms with van der Waals surface area (Å²) in [6.07, 6.45) is 2.41. The van der Waals surface area contributed by atoms with Crippen molar-refractivity contribution >= 4 is 28.2 Å². The molecule has 0 aliphatic carbocycles. The fraction of sp³-hybridized carbons (Fsp3) is 0.200. The third-order valence-corrected chi connectivity index (χ3v) is 4.10. The Morgan fingerprint density at radius 1 is 1.21 bits per heavy atom. The number of fused-ring (bicyclic) bond motifs is 1. The lowest BCUT2D eigenvalue weighted by molar-refractivity contribution is -0.385. The van der Waals surface area contributed by atoms with Crippen molar-refractivity contribution in [2.45, 2.75) is 6.42 Å². The Hall–Kier alpha value is -3.68. The Morgan fingerprint density at radius 3 is 2.82 bits per heavy atom. The molecule has 0 atom stereocenters. The zero-order valence-corrected chi connectivity index (χ0v) is 15.3. The second-order valence-electron chi connectivity index (χ2n) is 5.94. The summed E-state index contributed by atoms with van der Waals surface area (Å²) >= 11 is 0. The van der Waals surface area contributed by atoms with E-state index < -0.39 is 10.9 Å². The smallest absolute Gasteiger partial charge is 0.344 e. The number of carbonyl (C=O) groups excluding carboxylic acids is 1. The van der Waals surface area contributed by atoms with Gasteiger partial charge in [-0.05, 0) is 30.7 Å². The van der Waals surface area contributed by atoms with Crippen LogP contribution in [0, 0.1) is 10.1 Å². The summed E-state index contributed by atoms with van der Waals surface area (Å²) in [5.41, 5.74) is 1.04. The number of carbonyl (C=O) groups is 1. The number of hydrogen-bond acceptors (Lipinski definition) is 7. The Kier molecular flexibility index (Phi) is 6.01. The molecule has 8 heteroatoms. The van der Waals surface area contributed by atoms with Gasteiger partial charge in [-0.15, -0.1) is 0 Å². The van der Waals surface area contributed by atoms with Gasteiger partial charge in [-0.2, -0.15) is 0 Å². The van der Waals surface area contributed by atoms with Crippen molar-refractivity contribution < 1.29 is 19.2 Å². The van der Waals surface area contributed by atoms with Crippen LogP contribution in [0.25, 0.3) is 10.9 Å². The number of pyridine rings is 1. The van der Waals surface area contributed by atoms with Crippen LogP contribution in [0.15, 0.2) is 54.7 Å². The first-order valence-corrected chi connectivity index (χ1v) is 8.67. The molecule has 8 nitrogen and oxygen atoms in total. The van der Waals surface area contributed by atoms with Gasteiger partial charge in [0.15, 0.2) is 0 Å². The molecule has 1 N–H and O–H groups in total. The molecule has 0 fully saturated rings. The van der Waals surface area contributed by atoms with Crippen LogP contribution in [0.2, 0.25) is 0 Å². The molecule has 1 heterocycles. The Balaban J connectivity index is 1.56. The average Bonchev–Trinajstić information content (AvgIpc) is 2.72. The molecule has 0 saturated heterocycles. The molecule has 0 bridgehead atoms. The summed E-state index contributed by atoms with van der Waals surface area (Å²) in [7, 11) is 1.19. The SMILES string of the molecule is COC(=O)c1cc(NCCCOc2cccc3cccnc23)ccc1[N+](=O)[O-]. The number of anilines is 1. The van der Waals surface area contributed by atoms with Gasteiger partial charge >= 0.3 is 5.97 Å². The largest absolute Gasteiger partial charge is 0.491 e. The van der Waals surface area contributed by atoms with Gasteiger partial charge in [-0.3, -0.25) is 15.1 Å². The number of para-hydroxylation sites is 1. The molecule has 0 spiro atoms. The van der Waals surface area contributed by atoms with Crippen molar-refractivity contribution in [3.05, 3.63) is 70.4 Å². The maximum absolute atomic E-state index is 11.8.